The SMILES string of the molecule is CN1CCc2[nH]c3ccc(Cl)cc3c2C12CC2. The molecule has 0 radical (unpaired) electrons. The predicted molar refractivity (Wildman–Crippen MR) is 70.6 cm³/mol. The Balaban J connectivity index is 2.06. The van der Waals surface area contributed by atoms with E-state index in [1.165, 1.54) is 35.0 Å². The second kappa shape index (κ2) is 3.06. The van der Waals surface area contributed by atoms with Crippen molar-refractivity contribution in [3.8, 4) is 0 Å². The van der Waals surface area contributed by atoms with Gasteiger partial charge in [0.1, 0.15) is 0 Å². The predicted octanol–water partition coefficient (Wildman–Crippen LogP) is 3.30. The van der Waals surface area contributed by atoms with E-state index in [-0.39, 0.29) is 0 Å². The highest BCUT2D eigenvalue weighted by Gasteiger charge is 2.52. The quantitative estimate of drug-likeness (QED) is 0.756. The number of likely N-dealkylation sites (N-methyl/N-ethyl adjacent to an activating group) is 1. The molecule has 0 atom stereocenters. The van der Waals surface area contributed by atoms with Crippen molar-refractivity contribution in [2.24, 2.45) is 0 Å². The van der Waals surface area contributed by atoms with Crippen LogP contribution in [0.2, 0.25) is 5.02 Å². The van der Waals surface area contributed by atoms with Gasteiger partial charge in [-0.25, -0.2) is 0 Å². The Kier molecular flexibility index (Phi) is 1.80. The van der Waals surface area contributed by atoms with Gasteiger partial charge in [-0.2, -0.15) is 0 Å². The number of rotatable bonds is 0. The van der Waals surface area contributed by atoms with Crippen LogP contribution in [-0.4, -0.2) is 23.5 Å². The highest BCUT2D eigenvalue weighted by molar-refractivity contribution is 6.31. The van der Waals surface area contributed by atoms with Gasteiger partial charge in [0.05, 0.1) is 0 Å². The fourth-order valence-corrected chi connectivity index (χ4v) is 3.55. The summed E-state index contributed by atoms with van der Waals surface area (Å²) in [6, 6.07) is 6.19. The van der Waals surface area contributed by atoms with Crippen LogP contribution in [-0.2, 0) is 12.0 Å². The lowest BCUT2D eigenvalue weighted by Crippen LogP contribution is -2.37. The molecule has 1 aromatic heterocycles. The average molecular weight is 247 g/mol. The summed E-state index contributed by atoms with van der Waals surface area (Å²) in [5.41, 5.74) is 4.50. The normalized spacial score (nSPS) is 22.0. The molecule has 1 aliphatic heterocycles. The van der Waals surface area contributed by atoms with Crippen LogP contribution < -0.4 is 0 Å². The molecule has 88 valence electrons. The Morgan fingerprint density at radius 2 is 2.18 bits per heavy atom. The Labute approximate surface area is 106 Å². The van der Waals surface area contributed by atoms with Gasteiger partial charge >= 0.3 is 0 Å². The molecule has 0 saturated heterocycles. The van der Waals surface area contributed by atoms with Crippen LogP contribution in [0, 0.1) is 0 Å². The van der Waals surface area contributed by atoms with Crippen molar-refractivity contribution in [1.82, 2.24) is 9.88 Å². The Morgan fingerprint density at radius 3 is 2.94 bits per heavy atom. The zero-order valence-corrected chi connectivity index (χ0v) is 10.6. The van der Waals surface area contributed by atoms with Crippen molar-refractivity contribution < 1.29 is 0 Å². The Hall–Kier alpha value is -0.990. The van der Waals surface area contributed by atoms with E-state index in [9.17, 15) is 0 Å². The van der Waals surface area contributed by atoms with Crippen molar-refractivity contribution in [2.75, 3.05) is 13.6 Å². The summed E-state index contributed by atoms with van der Waals surface area (Å²) < 4.78 is 0. The number of hydrogen-bond acceptors (Lipinski definition) is 1. The van der Waals surface area contributed by atoms with Gasteiger partial charge in [0.25, 0.3) is 0 Å². The maximum atomic E-state index is 6.14. The summed E-state index contributed by atoms with van der Waals surface area (Å²) in [6.07, 6.45) is 3.70. The molecule has 1 aromatic carbocycles. The number of nitrogens with one attached hydrogen (secondary N) is 1. The van der Waals surface area contributed by atoms with Crippen LogP contribution in [0.5, 0.6) is 0 Å². The molecule has 0 bridgehead atoms. The van der Waals surface area contributed by atoms with E-state index < -0.39 is 0 Å². The molecule has 4 rings (SSSR count). The fraction of sp³-hybridized carbons (Fsp3) is 0.429. The summed E-state index contributed by atoms with van der Waals surface area (Å²) >= 11 is 6.14. The van der Waals surface area contributed by atoms with E-state index in [1.807, 2.05) is 6.07 Å². The van der Waals surface area contributed by atoms with E-state index in [0.717, 1.165) is 18.0 Å². The lowest BCUT2D eigenvalue weighted by Gasteiger charge is -2.33. The summed E-state index contributed by atoms with van der Waals surface area (Å²) in [6.45, 7) is 1.16. The molecule has 1 spiro atoms. The van der Waals surface area contributed by atoms with Gasteiger partial charge in [-0.1, -0.05) is 11.6 Å². The topological polar surface area (TPSA) is 19.0 Å². The van der Waals surface area contributed by atoms with E-state index in [4.69, 9.17) is 11.6 Å². The molecule has 2 heterocycles. The molecule has 0 amide bonds. The highest BCUT2D eigenvalue weighted by Crippen LogP contribution is 2.55. The minimum atomic E-state index is 0.316. The van der Waals surface area contributed by atoms with Gasteiger partial charge in [0.2, 0.25) is 0 Å². The van der Waals surface area contributed by atoms with Crippen molar-refractivity contribution in [1.29, 1.82) is 0 Å². The molecule has 2 nitrogen and oxygen atoms in total. The van der Waals surface area contributed by atoms with Crippen LogP contribution in [0.25, 0.3) is 10.9 Å². The summed E-state index contributed by atoms with van der Waals surface area (Å²) in [7, 11) is 2.25. The Bertz CT molecular complexity index is 610. The molecule has 17 heavy (non-hydrogen) atoms. The molecule has 0 unspecified atom stereocenters. The summed E-state index contributed by atoms with van der Waals surface area (Å²) in [4.78, 5) is 6.09. The van der Waals surface area contributed by atoms with Crippen molar-refractivity contribution >= 4 is 22.5 Å². The smallest absolute Gasteiger partial charge is 0.0483 e. The standard InChI is InChI=1S/C14H15ClN2/c1-17-7-4-12-13(14(17)5-6-14)10-8-9(15)2-3-11(10)16-12/h2-3,8,16H,4-7H2,1H3. The number of halogens is 1. The van der Waals surface area contributed by atoms with Crippen LogP contribution in [0.4, 0.5) is 0 Å². The van der Waals surface area contributed by atoms with Crippen molar-refractivity contribution in [3.63, 3.8) is 0 Å². The molecular weight excluding hydrogens is 232 g/mol. The largest absolute Gasteiger partial charge is 0.358 e. The average Bonchev–Trinajstić information content (AvgIpc) is 3.01. The number of benzene rings is 1. The molecule has 1 saturated carbocycles. The minimum absolute atomic E-state index is 0.316. The summed E-state index contributed by atoms with van der Waals surface area (Å²) in [5.74, 6) is 0. The number of aromatic amines is 1. The minimum Gasteiger partial charge on any atom is -0.358 e. The number of aromatic nitrogens is 1. The zero-order chi connectivity index (χ0) is 11.6. The lowest BCUT2D eigenvalue weighted by molar-refractivity contribution is 0.209. The van der Waals surface area contributed by atoms with Crippen molar-refractivity contribution in [2.45, 2.75) is 24.8 Å². The first-order valence-corrected chi connectivity index (χ1v) is 6.60. The van der Waals surface area contributed by atoms with E-state index in [2.05, 4.69) is 29.1 Å². The molecule has 2 aliphatic rings. The second-order valence-electron chi connectivity index (χ2n) is 5.37. The molecule has 3 heteroatoms. The number of nitrogens with zero attached hydrogens (tertiary/aromatic N) is 1. The molecule has 1 aliphatic carbocycles. The zero-order valence-electron chi connectivity index (χ0n) is 9.89. The van der Waals surface area contributed by atoms with Gasteiger partial charge in [0, 0.05) is 45.7 Å². The van der Waals surface area contributed by atoms with Gasteiger partial charge in [0.15, 0.2) is 0 Å². The van der Waals surface area contributed by atoms with Crippen LogP contribution in [0.15, 0.2) is 18.2 Å². The Morgan fingerprint density at radius 1 is 1.35 bits per heavy atom. The van der Waals surface area contributed by atoms with Gasteiger partial charge in [-0.3, -0.25) is 4.90 Å². The monoisotopic (exact) mass is 246 g/mol. The van der Waals surface area contributed by atoms with E-state index in [1.54, 1.807) is 0 Å². The molecular formula is C14H15ClN2. The summed E-state index contributed by atoms with van der Waals surface area (Å²) in [5, 5.41) is 2.17. The molecule has 1 N–H and O–H groups in total. The second-order valence-corrected chi connectivity index (χ2v) is 5.81. The maximum Gasteiger partial charge on any atom is 0.0483 e. The third kappa shape index (κ3) is 1.20. The number of H-pyrrole nitrogens is 1. The number of fused-ring (bicyclic) bond motifs is 4. The molecule has 2 aromatic rings. The van der Waals surface area contributed by atoms with Gasteiger partial charge in [-0.15, -0.1) is 0 Å². The third-order valence-electron chi connectivity index (χ3n) is 4.46. The maximum absolute atomic E-state index is 6.14. The van der Waals surface area contributed by atoms with Crippen LogP contribution in [0.3, 0.4) is 0 Å². The van der Waals surface area contributed by atoms with Gasteiger partial charge < -0.3 is 4.98 Å². The first-order chi connectivity index (χ1) is 8.21. The lowest BCUT2D eigenvalue weighted by atomic mass is 9.94. The van der Waals surface area contributed by atoms with Gasteiger partial charge in [-0.05, 0) is 38.1 Å². The highest BCUT2D eigenvalue weighted by atomic mass is 35.5. The van der Waals surface area contributed by atoms with E-state index in [0.29, 0.717) is 5.54 Å². The van der Waals surface area contributed by atoms with E-state index >= 15 is 0 Å². The van der Waals surface area contributed by atoms with Crippen LogP contribution in [0.1, 0.15) is 24.1 Å². The molecule has 1 fully saturated rings. The van der Waals surface area contributed by atoms with Crippen molar-refractivity contribution in [3.05, 3.63) is 34.5 Å². The van der Waals surface area contributed by atoms with Crippen LogP contribution >= 0.6 is 11.6 Å². The first-order valence-electron chi connectivity index (χ1n) is 6.22. The number of hydrogen-bond donors (Lipinski definition) is 1. The third-order valence-corrected chi connectivity index (χ3v) is 4.69. The fourth-order valence-electron chi connectivity index (χ4n) is 3.37. The first kappa shape index (κ1) is 9.98.